The molecule has 0 spiro atoms. The molecule has 1 aliphatic rings. The fourth-order valence-electron chi connectivity index (χ4n) is 2.99. The van der Waals surface area contributed by atoms with Crippen LogP contribution in [-0.2, 0) is 6.54 Å². The summed E-state index contributed by atoms with van der Waals surface area (Å²) in [5, 5.41) is 28.3. The summed E-state index contributed by atoms with van der Waals surface area (Å²) in [4.78, 5) is 0. The minimum absolute atomic E-state index is 0.596. The van der Waals surface area contributed by atoms with Gasteiger partial charge in [0.05, 0.1) is 0 Å². The summed E-state index contributed by atoms with van der Waals surface area (Å²) in [7, 11) is 0. The molecule has 0 aliphatic heterocycles. The lowest BCUT2D eigenvalue weighted by Crippen LogP contribution is -1.98. The molecule has 4 aromatic rings. The van der Waals surface area contributed by atoms with Gasteiger partial charge in [-0.25, -0.2) is 0 Å². The predicted molar refractivity (Wildman–Crippen MR) is 104 cm³/mol. The van der Waals surface area contributed by atoms with Gasteiger partial charge in [-0.2, -0.15) is 5.21 Å². The van der Waals surface area contributed by atoms with Crippen LogP contribution in [0.3, 0.4) is 0 Å². The third kappa shape index (κ3) is 3.43. The summed E-state index contributed by atoms with van der Waals surface area (Å²) in [6.07, 6.45) is 2.50. The monoisotopic (exact) mass is 375 g/mol. The van der Waals surface area contributed by atoms with Gasteiger partial charge >= 0.3 is 0 Å². The van der Waals surface area contributed by atoms with Gasteiger partial charge in [0.25, 0.3) is 0 Å². The number of aromatic nitrogens is 6. The van der Waals surface area contributed by atoms with Crippen LogP contribution in [0.4, 0.5) is 5.13 Å². The Labute approximate surface area is 159 Å². The molecule has 2 aromatic carbocycles. The van der Waals surface area contributed by atoms with E-state index in [-0.39, 0.29) is 0 Å². The smallest absolute Gasteiger partial charge is 0.205 e. The van der Waals surface area contributed by atoms with E-state index in [0.717, 1.165) is 33.4 Å². The van der Waals surface area contributed by atoms with Crippen molar-refractivity contribution in [2.24, 2.45) is 0 Å². The number of anilines is 1. The Hall–Kier alpha value is -3.13. The molecule has 2 N–H and O–H groups in total. The number of nitrogens with one attached hydrogen (secondary N) is 2. The largest absolute Gasteiger partial charge is 0.356 e. The summed E-state index contributed by atoms with van der Waals surface area (Å²) in [5.74, 6) is 1.25. The molecule has 0 bridgehead atoms. The Morgan fingerprint density at radius 3 is 2.52 bits per heavy atom. The quantitative estimate of drug-likeness (QED) is 0.531. The highest BCUT2D eigenvalue weighted by molar-refractivity contribution is 7.15. The molecular weight excluding hydrogens is 358 g/mol. The second-order valence-electron chi connectivity index (χ2n) is 6.55. The Morgan fingerprint density at radius 2 is 1.78 bits per heavy atom. The van der Waals surface area contributed by atoms with E-state index in [1.807, 2.05) is 18.2 Å². The van der Waals surface area contributed by atoms with Gasteiger partial charge in [0.2, 0.25) is 11.0 Å². The van der Waals surface area contributed by atoms with Crippen molar-refractivity contribution in [1.29, 1.82) is 0 Å². The minimum atomic E-state index is 0.596. The molecule has 1 aliphatic carbocycles. The van der Waals surface area contributed by atoms with Crippen molar-refractivity contribution in [3.8, 4) is 22.5 Å². The Balaban J connectivity index is 1.32. The van der Waals surface area contributed by atoms with Crippen molar-refractivity contribution >= 4 is 16.5 Å². The van der Waals surface area contributed by atoms with Gasteiger partial charge in [-0.1, -0.05) is 59.9 Å². The summed E-state index contributed by atoms with van der Waals surface area (Å²) < 4.78 is 0. The lowest BCUT2D eigenvalue weighted by atomic mass is 9.98. The summed E-state index contributed by atoms with van der Waals surface area (Å²) >= 11 is 1.67. The molecular formula is C19H17N7S. The number of tetrazole rings is 1. The number of rotatable bonds is 6. The van der Waals surface area contributed by atoms with E-state index in [2.05, 4.69) is 66.5 Å². The van der Waals surface area contributed by atoms with Gasteiger partial charge in [0, 0.05) is 18.0 Å². The number of hydrogen-bond acceptors (Lipinski definition) is 7. The van der Waals surface area contributed by atoms with Crippen LogP contribution in [-0.4, -0.2) is 30.8 Å². The minimum Gasteiger partial charge on any atom is -0.356 e. The highest BCUT2D eigenvalue weighted by Gasteiger charge is 2.27. The molecule has 0 radical (unpaired) electrons. The lowest BCUT2D eigenvalue weighted by molar-refractivity contribution is 0.881. The molecule has 0 atom stereocenters. The number of H-pyrrole nitrogens is 1. The second-order valence-corrected chi connectivity index (χ2v) is 7.56. The van der Waals surface area contributed by atoms with Gasteiger partial charge in [0.15, 0.2) is 0 Å². The van der Waals surface area contributed by atoms with E-state index in [1.54, 1.807) is 11.3 Å². The first-order chi connectivity index (χ1) is 13.4. The molecule has 2 heterocycles. The Morgan fingerprint density at radius 1 is 0.963 bits per heavy atom. The number of benzene rings is 2. The fourth-order valence-corrected chi connectivity index (χ4v) is 3.89. The Bertz CT molecular complexity index is 1040. The van der Waals surface area contributed by atoms with Crippen molar-refractivity contribution in [2.75, 3.05) is 5.32 Å². The molecule has 1 saturated carbocycles. The van der Waals surface area contributed by atoms with Crippen LogP contribution < -0.4 is 5.32 Å². The molecule has 8 heteroatoms. The van der Waals surface area contributed by atoms with Crippen LogP contribution in [0.1, 0.15) is 29.3 Å². The third-order valence-electron chi connectivity index (χ3n) is 4.59. The van der Waals surface area contributed by atoms with Gasteiger partial charge in [-0.15, -0.1) is 20.4 Å². The van der Waals surface area contributed by atoms with Gasteiger partial charge < -0.3 is 5.32 Å². The third-order valence-corrected chi connectivity index (χ3v) is 5.63. The van der Waals surface area contributed by atoms with E-state index in [0.29, 0.717) is 11.7 Å². The molecule has 7 nitrogen and oxygen atoms in total. The van der Waals surface area contributed by atoms with Crippen molar-refractivity contribution in [2.45, 2.75) is 25.3 Å². The predicted octanol–water partition coefficient (Wildman–Crippen LogP) is 3.87. The van der Waals surface area contributed by atoms with E-state index < -0.39 is 0 Å². The van der Waals surface area contributed by atoms with E-state index in [4.69, 9.17) is 0 Å². The van der Waals surface area contributed by atoms with Crippen LogP contribution in [0.2, 0.25) is 0 Å². The summed E-state index contributed by atoms with van der Waals surface area (Å²) in [5.41, 5.74) is 4.35. The standard InChI is InChI=1S/C19H17N7S/c1-2-4-16(17-21-25-26-22-17)15(3-1)13-7-5-12(6-8-13)11-20-19-24-23-18(27-19)14-9-10-14/h1-8,14H,9-11H2,(H,20,24)(H,21,22,25,26). The van der Waals surface area contributed by atoms with Crippen LogP contribution in [0.15, 0.2) is 48.5 Å². The lowest BCUT2D eigenvalue weighted by Gasteiger charge is -2.08. The maximum absolute atomic E-state index is 4.26. The molecule has 0 saturated heterocycles. The molecule has 5 rings (SSSR count). The maximum atomic E-state index is 4.26. The average molecular weight is 375 g/mol. The summed E-state index contributed by atoms with van der Waals surface area (Å²) in [6, 6.07) is 16.5. The average Bonchev–Trinajstić information content (AvgIpc) is 3.22. The van der Waals surface area contributed by atoms with Gasteiger partial charge in [-0.05, 0) is 34.7 Å². The van der Waals surface area contributed by atoms with Gasteiger partial charge in [-0.3, -0.25) is 0 Å². The van der Waals surface area contributed by atoms with Crippen molar-refractivity contribution < 1.29 is 0 Å². The van der Waals surface area contributed by atoms with Crippen LogP contribution >= 0.6 is 11.3 Å². The normalized spacial score (nSPS) is 13.6. The zero-order chi connectivity index (χ0) is 18.1. The first-order valence-electron chi connectivity index (χ1n) is 8.86. The van der Waals surface area contributed by atoms with E-state index in [9.17, 15) is 0 Å². The summed E-state index contributed by atoms with van der Waals surface area (Å²) in [6.45, 7) is 0.728. The van der Waals surface area contributed by atoms with Crippen molar-refractivity contribution in [1.82, 2.24) is 30.8 Å². The van der Waals surface area contributed by atoms with Crippen LogP contribution in [0, 0.1) is 0 Å². The van der Waals surface area contributed by atoms with Gasteiger partial charge in [0.1, 0.15) is 5.01 Å². The zero-order valence-electron chi connectivity index (χ0n) is 14.5. The highest BCUT2D eigenvalue weighted by atomic mass is 32.1. The SMILES string of the molecule is c1ccc(-c2nn[nH]n2)c(-c2ccc(CNc3nnc(C4CC4)s3)cc2)c1. The zero-order valence-corrected chi connectivity index (χ0v) is 15.3. The van der Waals surface area contributed by atoms with Crippen LogP contribution in [0.25, 0.3) is 22.5 Å². The number of aromatic amines is 1. The highest BCUT2D eigenvalue weighted by Crippen LogP contribution is 2.42. The first kappa shape index (κ1) is 16.1. The Kier molecular flexibility index (Phi) is 4.10. The van der Waals surface area contributed by atoms with Crippen molar-refractivity contribution in [3.63, 3.8) is 0 Å². The van der Waals surface area contributed by atoms with E-state index >= 15 is 0 Å². The van der Waals surface area contributed by atoms with Crippen LogP contribution in [0.5, 0.6) is 0 Å². The molecule has 2 aromatic heterocycles. The van der Waals surface area contributed by atoms with Crippen molar-refractivity contribution in [3.05, 3.63) is 59.1 Å². The molecule has 134 valence electrons. The second kappa shape index (κ2) is 6.88. The number of nitrogens with zero attached hydrogens (tertiary/aromatic N) is 5. The molecule has 1 fully saturated rings. The number of hydrogen-bond donors (Lipinski definition) is 2. The van der Waals surface area contributed by atoms with E-state index in [1.165, 1.54) is 18.4 Å². The first-order valence-corrected chi connectivity index (χ1v) is 9.68. The topological polar surface area (TPSA) is 92.3 Å². The maximum Gasteiger partial charge on any atom is 0.205 e. The molecule has 27 heavy (non-hydrogen) atoms. The molecule has 0 unspecified atom stereocenters. The molecule has 0 amide bonds. The fraction of sp³-hybridized carbons (Fsp3) is 0.211.